The molecule has 0 aliphatic carbocycles. The summed E-state index contributed by atoms with van der Waals surface area (Å²) in [5, 5.41) is 9.80. The molecule has 1 aliphatic rings. The summed E-state index contributed by atoms with van der Waals surface area (Å²) >= 11 is 0. The molecule has 3 heteroatoms. The fourth-order valence-corrected chi connectivity index (χ4v) is 4.03. The minimum atomic E-state index is -0.706. The van der Waals surface area contributed by atoms with E-state index in [4.69, 9.17) is 0 Å². The molecule has 0 amide bonds. The van der Waals surface area contributed by atoms with Crippen molar-refractivity contribution in [2.24, 2.45) is 0 Å². The Bertz CT molecular complexity index is 751. The van der Waals surface area contributed by atoms with Crippen LogP contribution in [0.2, 0.25) is 0 Å². The van der Waals surface area contributed by atoms with Crippen LogP contribution in [0, 0.1) is 6.92 Å². The number of aryl methyl sites for hydroxylation is 1. The summed E-state index contributed by atoms with van der Waals surface area (Å²) < 4.78 is 0. The molecule has 138 valence electrons. The Morgan fingerprint density at radius 1 is 1.04 bits per heavy atom. The Morgan fingerprint density at radius 2 is 1.69 bits per heavy atom. The zero-order valence-corrected chi connectivity index (χ0v) is 16.0. The van der Waals surface area contributed by atoms with Crippen LogP contribution in [-0.2, 0) is 4.79 Å². The van der Waals surface area contributed by atoms with E-state index in [1.165, 1.54) is 22.3 Å². The highest BCUT2D eigenvalue weighted by Crippen LogP contribution is 2.36. The molecule has 1 fully saturated rings. The SMILES string of the molecule is Cc1ccccc1C(c1ccc(C(C)C)cc1)N1CCCCC1C(=O)O. The molecule has 2 atom stereocenters. The van der Waals surface area contributed by atoms with Gasteiger partial charge in [0.1, 0.15) is 6.04 Å². The van der Waals surface area contributed by atoms with Gasteiger partial charge in [-0.1, -0.05) is 68.8 Å². The van der Waals surface area contributed by atoms with E-state index >= 15 is 0 Å². The summed E-state index contributed by atoms with van der Waals surface area (Å²) in [4.78, 5) is 14.1. The summed E-state index contributed by atoms with van der Waals surface area (Å²) in [6.45, 7) is 7.32. The number of benzene rings is 2. The molecule has 1 aliphatic heterocycles. The summed E-state index contributed by atoms with van der Waals surface area (Å²) in [6, 6.07) is 16.7. The van der Waals surface area contributed by atoms with Crippen LogP contribution in [-0.4, -0.2) is 28.6 Å². The van der Waals surface area contributed by atoms with Gasteiger partial charge in [0.15, 0.2) is 0 Å². The summed E-state index contributed by atoms with van der Waals surface area (Å²) in [6.07, 6.45) is 2.76. The Balaban J connectivity index is 2.07. The topological polar surface area (TPSA) is 40.5 Å². The molecule has 0 spiro atoms. The van der Waals surface area contributed by atoms with Crippen LogP contribution in [0.1, 0.15) is 67.3 Å². The van der Waals surface area contributed by atoms with Crippen molar-refractivity contribution < 1.29 is 9.90 Å². The maximum Gasteiger partial charge on any atom is 0.320 e. The van der Waals surface area contributed by atoms with Crippen LogP contribution in [0.3, 0.4) is 0 Å². The maximum atomic E-state index is 11.9. The van der Waals surface area contributed by atoms with E-state index in [1.54, 1.807) is 0 Å². The van der Waals surface area contributed by atoms with Crippen molar-refractivity contribution >= 4 is 5.97 Å². The molecule has 3 rings (SSSR count). The zero-order chi connectivity index (χ0) is 18.7. The Labute approximate surface area is 156 Å². The molecule has 0 saturated carbocycles. The highest BCUT2D eigenvalue weighted by molar-refractivity contribution is 5.73. The third-order valence-corrected chi connectivity index (χ3v) is 5.56. The first-order valence-corrected chi connectivity index (χ1v) is 9.63. The number of hydrogen-bond donors (Lipinski definition) is 1. The standard InChI is InChI=1S/C23H29NO2/c1-16(2)18-11-13-19(14-12-18)22(20-9-5-4-8-17(20)3)24-15-7-6-10-21(24)23(25)26/h4-5,8-9,11-14,16,21-22H,6-7,10,15H2,1-3H3,(H,25,26). The van der Waals surface area contributed by atoms with Gasteiger partial charge in [0.2, 0.25) is 0 Å². The molecule has 1 heterocycles. The lowest BCUT2D eigenvalue weighted by Gasteiger charge is -2.40. The first kappa shape index (κ1) is 18.7. The fourth-order valence-electron chi connectivity index (χ4n) is 4.03. The van der Waals surface area contributed by atoms with Gasteiger partial charge in [0, 0.05) is 0 Å². The molecule has 26 heavy (non-hydrogen) atoms. The fraction of sp³-hybridized carbons (Fsp3) is 0.435. The molecule has 0 radical (unpaired) electrons. The van der Waals surface area contributed by atoms with E-state index in [9.17, 15) is 9.90 Å². The Kier molecular flexibility index (Phi) is 5.77. The quantitative estimate of drug-likeness (QED) is 0.810. The molecule has 2 aromatic rings. The van der Waals surface area contributed by atoms with Gasteiger partial charge in [-0.2, -0.15) is 0 Å². The molecule has 2 unspecified atom stereocenters. The van der Waals surface area contributed by atoms with Crippen molar-refractivity contribution in [1.29, 1.82) is 0 Å². The largest absolute Gasteiger partial charge is 0.480 e. The number of hydrogen-bond acceptors (Lipinski definition) is 2. The van der Waals surface area contributed by atoms with Crippen LogP contribution in [0.25, 0.3) is 0 Å². The first-order valence-electron chi connectivity index (χ1n) is 9.63. The van der Waals surface area contributed by atoms with Gasteiger partial charge in [-0.05, 0) is 54.5 Å². The Hall–Kier alpha value is -2.13. The lowest BCUT2D eigenvalue weighted by molar-refractivity contribution is -0.145. The minimum absolute atomic E-state index is 0.0150. The molecule has 1 saturated heterocycles. The summed E-state index contributed by atoms with van der Waals surface area (Å²) in [5.41, 5.74) is 4.90. The molecule has 3 nitrogen and oxygen atoms in total. The number of carboxylic acids is 1. The highest BCUT2D eigenvalue weighted by atomic mass is 16.4. The van der Waals surface area contributed by atoms with E-state index in [0.717, 1.165) is 25.8 Å². The third kappa shape index (κ3) is 3.83. The average Bonchev–Trinajstić information content (AvgIpc) is 2.64. The van der Waals surface area contributed by atoms with Crippen molar-refractivity contribution in [3.8, 4) is 0 Å². The van der Waals surface area contributed by atoms with Crippen molar-refractivity contribution in [1.82, 2.24) is 4.90 Å². The number of nitrogens with zero attached hydrogens (tertiary/aromatic N) is 1. The van der Waals surface area contributed by atoms with Gasteiger partial charge in [-0.3, -0.25) is 9.69 Å². The van der Waals surface area contributed by atoms with Crippen LogP contribution < -0.4 is 0 Å². The van der Waals surface area contributed by atoms with E-state index in [0.29, 0.717) is 5.92 Å². The molecule has 0 bridgehead atoms. The first-order chi connectivity index (χ1) is 12.5. The number of aliphatic carboxylic acids is 1. The number of piperidine rings is 1. The second-order valence-electron chi connectivity index (χ2n) is 7.67. The van der Waals surface area contributed by atoms with Gasteiger partial charge in [-0.25, -0.2) is 0 Å². The minimum Gasteiger partial charge on any atom is -0.480 e. The molecule has 2 aromatic carbocycles. The lowest BCUT2D eigenvalue weighted by atomic mass is 9.88. The second kappa shape index (κ2) is 8.05. The smallest absolute Gasteiger partial charge is 0.320 e. The van der Waals surface area contributed by atoms with Gasteiger partial charge in [0.05, 0.1) is 6.04 Å². The van der Waals surface area contributed by atoms with Crippen LogP contribution in [0.4, 0.5) is 0 Å². The summed E-state index contributed by atoms with van der Waals surface area (Å²) in [7, 11) is 0. The number of carboxylic acid groups (broad SMARTS) is 1. The van der Waals surface area contributed by atoms with Crippen molar-refractivity contribution in [3.63, 3.8) is 0 Å². The monoisotopic (exact) mass is 351 g/mol. The normalized spacial score (nSPS) is 19.5. The number of rotatable bonds is 5. The van der Waals surface area contributed by atoms with Gasteiger partial charge in [-0.15, -0.1) is 0 Å². The number of likely N-dealkylation sites (tertiary alicyclic amines) is 1. The maximum absolute atomic E-state index is 11.9. The average molecular weight is 351 g/mol. The van der Waals surface area contributed by atoms with Gasteiger partial charge < -0.3 is 5.11 Å². The van der Waals surface area contributed by atoms with Crippen LogP contribution in [0.5, 0.6) is 0 Å². The van der Waals surface area contributed by atoms with E-state index in [1.807, 2.05) is 6.07 Å². The lowest BCUT2D eigenvalue weighted by Crippen LogP contribution is -2.47. The van der Waals surface area contributed by atoms with Crippen LogP contribution in [0.15, 0.2) is 48.5 Å². The molecule has 0 aromatic heterocycles. The predicted molar refractivity (Wildman–Crippen MR) is 106 cm³/mol. The van der Waals surface area contributed by atoms with Crippen LogP contribution >= 0.6 is 0 Å². The predicted octanol–water partition coefficient (Wildman–Crippen LogP) is 5.15. The molecular formula is C23H29NO2. The van der Waals surface area contributed by atoms with Crippen molar-refractivity contribution in [3.05, 3.63) is 70.8 Å². The van der Waals surface area contributed by atoms with E-state index in [2.05, 4.69) is 68.1 Å². The zero-order valence-electron chi connectivity index (χ0n) is 16.0. The van der Waals surface area contributed by atoms with Crippen molar-refractivity contribution in [2.45, 2.75) is 58.0 Å². The number of carbonyl (C=O) groups is 1. The molecular weight excluding hydrogens is 322 g/mol. The second-order valence-corrected chi connectivity index (χ2v) is 7.67. The van der Waals surface area contributed by atoms with E-state index in [-0.39, 0.29) is 6.04 Å². The van der Waals surface area contributed by atoms with E-state index < -0.39 is 12.0 Å². The van der Waals surface area contributed by atoms with Gasteiger partial charge >= 0.3 is 5.97 Å². The summed E-state index contributed by atoms with van der Waals surface area (Å²) in [5.74, 6) is -0.218. The van der Waals surface area contributed by atoms with Crippen molar-refractivity contribution in [2.75, 3.05) is 6.54 Å². The Morgan fingerprint density at radius 3 is 2.31 bits per heavy atom. The third-order valence-electron chi connectivity index (χ3n) is 5.56. The van der Waals surface area contributed by atoms with Gasteiger partial charge in [0.25, 0.3) is 0 Å². The highest BCUT2D eigenvalue weighted by Gasteiger charge is 2.35. The molecule has 1 N–H and O–H groups in total.